The summed E-state index contributed by atoms with van der Waals surface area (Å²) >= 11 is 0. The van der Waals surface area contributed by atoms with E-state index < -0.39 is 5.92 Å². The minimum atomic E-state index is -0.445. The fraction of sp³-hybridized carbons (Fsp3) is 0.733. The van der Waals surface area contributed by atoms with Crippen molar-refractivity contribution in [1.82, 2.24) is 4.90 Å². The minimum Gasteiger partial charge on any atom is -0.331 e. The second-order valence-corrected chi connectivity index (χ2v) is 5.43. The second kappa shape index (κ2) is 7.20. The van der Waals surface area contributed by atoms with E-state index in [1.165, 1.54) is 0 Å². The minimum absolute atomic E-state index is 0.0615. The molecule has 0 aromatic heterocycles. The van der Waals surface area contributed by atoms with Crippen LogP contribution >= 0.6 is 0 Å². The predicted octanol–water partition coefficient (Wildman–Crippen LogP) is 2.25. The monoisotopic (exact) mass is 249 g/mol. The first-order valence-corrected chi connectivity index (χ1v) is 6.81. The van der Waals surface area contributed by atoms with Crippen LogP contribution in [-0.4, -0.2) is 29.7 Å². The molecule has 1 amide bonds. The summed E-state index contributed by atoms with van der Waals surface area (Å²) in [5.41, 5.74) is 0. The molecule has 1 unspecified atom stereocenters. The first kappa shape index (κ1) is 14.8. The average molecular weight is 249 g/mol. The highest BCUT2D eigenvalue weighted by molar-refractivity contribution is 6.01. The van der Waals surface area contributed by atoms with Crippen LogP contribution in [0.3, 0.4) is 0 Å². The molecular weight excluding hydrogens is 226 g/mol. The molecule has 3 nitrogen and oxygen atoms in total. The van der Waals surface area contributed by atoms with Gasteiger partial charge in [-0.15, -0.1) is 6.42 Å². The molecule has 0 saturated heterocycles. The van der Waals surface area contributed by atoms with Crippen molar-refractivity contribution in [2.45, 2.75) is 46.0 Å². The molecule has 0 N–H and O–H groups in total. The summed E-state index contributed by atoms with van der Waals surface area (Å²) in [7, 11) is 0. The van der Waals surface area contributed by atoms with Crippen LogP contribution in [0.4, 0.5) is 0 Å². The molecule has 1 saturated carbocycles. The van der Waals surface area contributed by atoms with E-state index in [9.17, 15) is 9.59 Å². The van der Waals surface area contributed by atoms with Gasteiger partial charge in [0.05, 0.1) is 12.5 Å². The van der Waals surface area contributed by atoms with Crippen molar-refractivity contribution < 1.29 is 9.59 Å². The lowest BCUT2D eigenvalue weighted by atomic mass is 9.97. The van der Waals surface area contributed by atoms with Crippen LogP contribution in [0.1, 0.15) is 46.0 Å². The molecule has 1 aliphatic carbocycles. The smallest absolute Gasteiger partial charge is 0.233 e. The molecule has 1 fully saturated rings. The zero-order chi connectivity index (χ0) is 13.5. The number of terminal acetylenes is 1. The van der Waals surface area contributed by atoms with Gasteiger partial charge in [0.1, 0.15) is 5.78 Å². The molecule has 3 heteroatoms. The molecule has 0 bridgehead atoms. The third kappa shape index (κ3) is 4.18. The zero-order valence-corrected chi connectivity index (χ0v) is 11.4. The van der Waals surface area contributed by atoms with Gasteiger partial charge in [0.25, 0.3) is 0 Å². The van der Waals surface area contributed by atoms with Crippen LogP contribution in [0.15, 0.2) is 0 Å². The van der Waals surface area contributed by atoms with Crippen LogP contribution in [-0.2, 0) is 9.59 Å². The number of carbonyl (C=O) groups excluding carboxylic acids is 2. The first-order chi connectivity index (χ1) is 8.56. The topological polar surface area (TPSA) is 37.4 Å². The van der Waals surface area contributed by atoms with Crippen molar-refractivity contribution >= 4 is 11.7 Å². The van der Waals surface area contributed by atoms with Crippen molar-refractivity contribution in [1.29, 1.82) is 0 Å². The Balaban J connectivity index is 2.74. The Labute approximate surface area is 110 Å². The lowest BCUT2D eigenvalue weighted by molar-refractivity contribution is -0.141. The molecule has 18 heavy (non-hydrogen) atoms. The molecule has 1 atom stereocenters. The molecular formula is C15H23NO2. The van der Waals surface area contributed by atoms with Crippen molar-refractivity contribution in [3.8, 4) is 12.3 Å². The summed E-state index contributed by atoms with van der Waals surface area (Å²) in [6.07, 6.45) is 9.48. The van der Waals surface area contributed by atoms with E-state index in [-0.39, 0.29) is 11.7 Å². The number of hydrogen-bond donors (Lipinski definition) is 0. The van der Waals surface area contributed by atoms with Gasteiger partial charge >= 0.3 is 0 Å². The number of rotatable bonds is 4. The van der Waals surface area contributed by atoms with Gasteiger partial charge in [-0.3, -0.25) is 9.59 Å². The molecule has 0 heterocycles. The lowest BCUT2D eigenvalue weighted by Gasteiger charge is -2.26. The Bertz CT molecular complexity index is 341. The lowest BCUT2D eigenvalue weighted by Crippen LogP contribution is -2.41. The fourth-order valence-corrected chi connectivity index (χ4v) is 2.42. The van der Waals surface area contributed by atoms with Crippen LogP contribution in [0, 0.1) is 24.2 Å². The number of nitrogens with zero attached hydrogens (tertiary/aromatic N) is 1. The largest absolute Gasteiger partial charge is 0.331 e. The molecule has 100 valence electrons. The third-order valence-electron chi connectivity index (χ3n) is 3.28. The Morgan fingerprint density at radius 3 is 2.78 bits per heavy atom. The van der Waals surface area contributed by atoms with E-state index in [1.54, 1.807) is 4.90 Å². The average Bonchev–Trinajstić information content (AvgIpc) is 2.52. The van der Waals surface area contributed by atoms with E-state index in [0.717, 1.165) is 19.3 Å². The van der Waals surface area contributed by atoms with Crippen LogP contribution < -0.4 is 0 Å². The standard InChI is InChI=1S/C15H23NO2/c1-4-10-16(11-12(2)3)15(18)13-8-6-5-7-9-14(13)17/h1,12-13H,5-11H2,2-3H3. The normalized spacial score (nSPS) is 20.3. The summed E-state index contributed by atoms with van der Waals surface area (Å²) in [5, 5.41) is 0. The Morgan fingerprint density at radius 1 is 1.44 bits per heavy atom. The fourth-order valence-electron chi connectivity index (χ4n) is 2.42. The number of Topliss-reactive ketones (excluding diaryl/α,β-unsaturated/α-hetero) is 1. The zero-order valence-electron chi connectivity index (χ0n) is 11.4. The van der Waals surface area contributed by atoms with Gasteiger partial charge in [0.15, 0.2) is 0 Å². The summed E-state index contributed by atoms with van der Waals surface area (Å²) in [6.45, 7) is 5.03. The van der Waals surface area contributed by atoms with E-state index >= 15 is 0 Å². The maximum atomic E-state index is 12.4. The van der Waals surface area contributed by atoms with Gasteiger partial charge in [-0.2, -0.15) is 0 Å². The highest BCUT2D eigenvalue weighted by atomic mass is 16.2. The number of carbonyl (C=O) groups is 2. The summed E-state index contributed by atoms with van der Waals surface area (Å²) in [4.78, 5) is 26.0. The molecule has 0 radical (unpaired) electrons. The van der Waals surface area contributed by atoms with Crippen molar-refractivity contribution in [2.75, 3.05) is 13.1 Å². The SMILES string of the molecule is C#CCN(CC(C)C)C(=O)C1CCCCCC1=O. The number of hydrogen-bond acceptors (Lipinski definition) is 2. The molecule has 1 rings (SSSR count). The van der Waals surface area contributed by atoms with Crippen LogP contribution in [0.25, 0.3) is 0 Å². The van der Waals surface area contributed by atoms with E-state index in [0.29, 0.717) is 31.8 Å². The predicted molar refractivity (Wildman–Crippen MR) is 71.8 cm³/mol. The third-order valence-corrected chi connectivity index (χ3v) is 3.28. The molecule has 0 spiro atoms. The molecule has 0 aliphatic heterocycles. The van der Waals surface area contributed by atoms with E-state index in [1.807, 2.05) is 13.8 Å². The number of amides is 1. The first-order valence-electron chi connectivity index (χ1n) is 6.81. The Morgan fingerprint density at radius 2 is 2.17 bits per heavy atom. The van der Waals surface area contributed by atoms with Gasteiger partial charge in [0, 0.05) is 13.0 Å². The van der Waals surface area contributed by atoms with E-state index in [4.69, 9.17) is 6.42 Å². The van der Waals surface area contributed by atoms with Gasteiger partial charge in [0.2, 0.25) is 5.91 Å². The Kier molecular flexibility index (Phi) is 5.91. The quantitative estimate of drug-likeness (QED) is 0.435. The second-order valence-electron chi connectivity index (χ2n) is 5.43. The van der Waals surface area contributed by atoms with Gasteiger partial charge in [-0.05, 0) is 18.8 Å². The highest BCUT2D eigenvalue weighted by Gasteiger charge is 2.31. The Hall–Kier alpha value is -1.30. The summed E-state index contributed by atoms with van der Waals surface area (Å²) in [6, 6.07) is 0. The molecule has 1 aliphatic rings. The van der Waals surface area contributed by atoms with Crippen molar-refractivity contribution in [2.24, 2.45) is 11.8 Å². The van der Waals surface area contributed by atoms with E-state index in [2.05, 4.69) is 5.92 Å². The maximum Gasteiger partial charge on any atom is 0.233 e. The highest BCUT2D eigenvalue weighted by Crippen LogP contribution is 2.22. The molecule has 0 aromatic carbocycles. The number of ketones is 1. The van der Waals surface area contributed by atoms with Crippen molar-refractivity contribution in [3.05, 3.63) is 0 Å². The van der Waals surface area contributed by atoms with Gasteiger partial charge in [-0.1, -0.05) is 32.6 Å². The van der Waals surface area contributed by atoms with Crippen LogP contribution in [0.5, 0.6) is 0 Å². The molecule has 0 aromatic rings. The summed E-state index contributed by atoms with van der Waals surface area (Å²) < 4.78 is 0. The van der Waals surface area contributed by atoms with Gasteiger partial charge < -0.3 is 4.90 Å². The maximum absolute atomic E-state index is 12.4. The van der Waals surface area contributed by atoms with Crippen LogP contribution in [0.2, 0.25) is 0 Å². The van der Waals surface area contributed by atoms with Crippen molar-refractivity contribution in [3.63, 3.8) is 0 Å². The summed E-state index contributed by atoms with van der Waals surface area (Å²) in [5.74, 6) is 2.48. The van der Waals surface area contributed by atoms with Gasteiger partial charge in [-0.25, -0.2) is 0 Å².